The van der Waals surface area contributed by atoms with Gasteiger partial charge >= 0.3 is 6.09 Å². The van der Waals surface area contributed by atoms with Gasteiger partial charge in [-0.2, -0.15) is 0 Å². The van der Waals surface area contributed by atoms with E-state index in [1.54, 1.807) is 16.5 Å². The van der Waals surface area contributed by atoms with Gasteiger partial charge in [0.25, 0.3) is 11.8 Å². The Morgan fingerprint density at radius 2 is 1.48 bits per heavy atom. The summed E-state index contributed by atoms with van der Waals surface area (Å²) in [5, 5.41) is 13.4. The molecule has 1 unspecified atom stereocenters. The Labute approximate surface area is 231 Å². The molecule has 1 fully saturated rings. The first kappa shape index (κ1) is 26.6. The lowest BCUT2D eigenvalue weighted by molar-refractivity contribution is 0.0507. The van der Waals surface area contributed by atoms with Crippen LogP contribution in [0.4, 0.5) is 4.79 Å². The smallest absolute Gasteiger partial charge is 0.407 e. The van der Waals surface area contributed by atoms with Crippen LogP contribution in [0.3, 0.4) is 0 Å². The van der Waals surface area contributed by atoms with Crippen molar-refractivity contribution in [2.24, 2.45) is 5.73 Å². The standard InChI is InChI=1S/C30H30N6O4/c1-19-18-34(15-16-35(19)30(39)40)29(38)25-11-9-24(10-12-25)23-7-3-21(4-8-23)17-22-5-13-26(14-6-22)36-20(2)32-28(33-36)27(31)37/h3-14,19H,15-18H2,1-2H3,(H2,31,37)(H,39,40). The molecule has 1 atom stereocenters. The molecule has 0 radical (unpaired) electrons. The van der Waals surface area contributed by atoms with Crippen LogP contribution >= 0.6 is 0 Å². The van der Waals surface area contributed by atoms with E-state index < -0.39 is 12.0 Å². The third kappa shape index (κ3) is 5.56. The minimum Gasteiger partial charge on any atom is -0.465 e. The summed E-state index contributed by atoms with van der Waals surface area (Å²) in [6.07, 6.45) is -0.197. The van der Waals surface area contributed by atoms with E-state index in [1.807, 2.05) is 55.5 Å². The van der Waals surface area contributed by atoms with E-state index in [0.29, 0.717) is 31.0 Å². The summed E-state index contributed by atoms with van der Waals surface area (Å²) in [5.74, 6) is -0.164. The van der Waals surface area contributed by atoms with Gasteiger partial charge in [-0.1, -0.05) is 48.5 Å². The predicted molar refractivity (Wildman–Crippen MR) is 149 cm³/mol. The van der Waals surface area contributed by atoms with Gasteiger partial charge < -0.3 is 20.6 Å². The molecule has 1 aromatic heterocycles. The van der Waals surface area contributed by atoms with Gasteiger partial charge in [-0.25, -0.2) is 14.5 Å². The molecule has 0 aliphatic carbocycles. The number of rotatable bonds is 6. The summed E-state index contributed by atoms with van der Waals surface area (Å²) in [4.78, 5) is 42.8. The van der Waals surface area contributed by atoms with Crippen molar-refractivity contribution in [2.75, 3.05) is 19.6 Å². The fourth-order valence-electron chi connectivity index (χ4n) is 4.96. The fourth-order valence-corrected chi connectivity index (χ4v) is 4.96. The highest BCUT2D eigenvalue weighted by Gasteiger charge is 2.29. The molecule has 40 heavy (non-hydrogen) atoms. The lowest BCUT2D eigenvalue weighted by atomic mass is 9.99. The highest BCUT2D eigenvalue weighted by molar-refractivity contribution is 5.95. The number of carbonyl (C=O) groups excluding carboxylic acids is 2. The van der Waals surface area contributed by atoms with Gasteiger partial charge in [0.05, 0.1) is 5.69 Å². The van der Waals surface area contributed by atoms with Crippen LogP contribution in [-0.4, -0.2) is 73.3 Å². The summed E-state index contributed by atoms with van der Waals surface area (Å²) in [6, 6.07) is 23.5. The average Bonchev–Trinajstić information content (AvgIpc) is 3.35. The minimum atomic E-state index is -0.951. The van der Waals surface area contributed by atoms with Crippen LogP contribution in [0.1, 0.15) is 44.9 Å². The van der Waals surface area contributed by atoms with Gasteiger partial charge in [0.2, 0.25) is 5.82 Å². The number of aryl methyl sites for hydroxylation is 1. The van der Waals surface area contributed by atoms with Crippen molar-refractivity contribution in [1.82, 2.24) is 24.6 Å². The number of primary amides is 1. The van der Waals surface area contributed by atoms with E-state index in [0.717, 1.165) is 34.4 Å². The second-order valence-corrected chi connectivity index (χ2v) is 9.95. The third-order valence-corrected chi connectivity index (χ3v) is 7.16. The number of hydrogen-bond acceptors (Lipinski definition) is 5. The second-order valence-electron chi connectivity index (χ2n) is 9.95. The molecule has 1 aliphatic heterocycles. The first-order valence-electron chi connectivity index (χ1n) is 13.0. The first-order chi connectivity index (χ1) is 19.2. The lowest BCUT2D eigenvalue weighted by Gasteiger charge is -2.38. The monoisotopic (exact) mass is 538 g/mol. The number of benzene rings is 3. The van der Waals surface area contributed by atoms with Crippen LogP contribution in [0, 0.1) is 6.92 Å². The van der Waals surface area contributed by atoms with Gasteiger partial charge in [-0.05, 0) is 66.8 Å². The van der Waals surface area contributed by atoms with E-state index in [-0.39, 0.29) is 17.8 Å². The Hall–Kier alpha value is -4.99. The first-order valence-corrected chi connectivity index (χ1v) is 13.0. The fraction of sp³-hybridized carbons (Fsp3) is 0.233. The molecule has 5 rings (SSSR count). The summed E-state index contributed by atoms with van der Waals surface area (Å²) < 4.78 is 1.59. The predicted octanol–water partition coefficient (Wildman–Crippen LogP) is 3.76. The maximum Gasteiger partial charge on any atom is 0.407 e. The maximum absolute atomic E-state index is 13.0. The Balaban J connectivity index is 1.21. The van der Waals surface area contributed by atoms with Crippen LogP contribution in [0.5, 0.6) is 0 Å². The zero-order chi connectivity index (χ0) is 28.4. The molecular formula is C30H30N6O4. The molecule has 0 bridgehead atoms. The zero-order valence-corrected chi connectivity index (χ0v) is 22.3. The molecule has 1 saturated heterocycles. The number of amides is 3. The van der Waals surface area contributed by atoms with Gasteiger partial charge in [-0.3, -0.25) is 9.59 Å². The normalized spacial score (nSPS) is 15.2. The molecule has 3 amide bonds. The molecule has 1 aliphatic rings. The topological polar surface area (TPSA) is 135 Å². The summed E-state index contributed by atoms with van der Waals surface area (Å²) >= 11 is 0. The van der Waals surface area contributed by atoms with Gasteiger partial charge in [0, 0.05) is 31.2 Å². The van der Waals surface area contributed by atoms with Crippen molar-refractivity contribution in [3.05, 3.63) is 101 Å². The van der Waals surface area contributed by atoms with Gasteiger partial charge in [0.1, 0.15) is 5.82 Å². The third-order valence-electron chi connectivity index (χ3n) is 7.16. The average molecular weight is 539 g/mol. The van der Waals surface area contributed by atoms with E-state index in [4.69, 9.17) is 5.73 Å². The van der Waals surface area contributed by atoms with Crippen LogP contribution in [0.15, 0.2) is 72.8 Å². The Morgan fingerprint density at radius 3 is 2.00 bits per heavy atom. The van der Waals surface area contributed by atoms with Gasteiger partial charge in [-0.15, -0.1) is 5.10 Å². The number of hydrogen-bond donors (Lipinski definition) is 2. The van der Waals surface area contributed by atoms with Crippen LogP contribution in [0.25, 0.3) is 16.8 Å². The Bertz CT molecular complexity index is 1540. The largest absolute Gasteiger partial charge is 0.465 e. The number of carboxylic acid groups (broad SMARTS) is 1. The van der Waals surface area contributed by atoms with Crippen LogP contribution < -0.4 is 5.73 Å². The molecule has 4 aromatic rings. The quantitative estimate of drug-likeness (QED) is 0.384. The minimum absolute atomic E-state index is 0.00595. The number of piperazine rings is 1. The molecular weight excluding hydrogens is 508 g/mol. The summed E-state index contributed by atoms with van der Waals surface area (Å²) in [5.41, 5.74) is 11.0. The SMILES string of the molecule is Cc1nc(C(N)=O)nn1-c1ccc(Cc2ccc(-c3ccc(C(=O)N4CCN(C(=O)O)C(C)C4)cc3)cc2)cc1. The van der Waals surface area contributed by atoms with E-state index in [9.17, 15) is 19.5 Å². The molecule has 3 N–H and O–H groups in total. The number of carbonyl (C=O) groups is 3. The number of nitrogens with zero attached hydrogens (tertiary/aromatic N) is 5. The summed E-state index contributed by atoms with van der Waals surface area (Å²) in [7, 11) is 0. The summed E-state index contributed by atoms with van der Waals surface area (Å²) in [6.45, 7) is 4.67. The van der Waals surface area contributed by atoms with Crippen molar-refractivity contribution in [2.45, 2.75) is 26.3 Å². The zero-order valence-electron chi connectivity index (χ0n) is 22.3. The van der Waals surface area contributed by atoms with Crippen molar-refractivity contribution < 1.29 is 19.5 Å². The molecule has 2 heterocycles. The van der Waals surface area contributed by atoms with E-state index >= 15 is 0 Å². The van der Waals surface area contributed by atoms with Crippen molar-refractivity contribution in [3.8, 4) is 16.8 Å². The maximum atomic E-state index is 13.0. The number of nitrogens with two attached hydrogens (primary N) is 1. The van der Waals surface area contributed by atoms with Gasteiger partial charge in [0.15, 0.2) is 0 Å². The number of aromatic nitrogens is 3. The highest BCUT2D eigenvalue weighted by Crippen LogP contribution is 2.23. The van der Waals surface area contributed by atoms with E-state index in [1.165, 1.54) is 4.90 Å². The molecule has 3 aromatic carbocycles. The van der Waals surface area contributed by atoms with Crippen LogP contribution in [-0.2, 0) is 6.42 Å². The van der Waals surface area contributed by atoms with Crippen LogP contribution in [0.2, 0.25) is 0 Å². The molecule has 204 valence electrons. The van der Waals surface area contributed by atoms with Crippen molar-refractivity contribution in [3.63, 3.8) is 0 Å². The second kappa shape index (κ2) is 11.0. The van der Waals surface area contributed by atoms with Crippen molar-refractivity contribution >= 4 is 17.9 Å². The van der Waals surface area contributed by atoms with Crippen molar-refractivity contribution in [1.29, 1.82) is 0 Å². The lowest BCUT2D eigenvalue weighted by Crippen LogP contribution is -2.55. The van der Waals surface area contributed by atoms with E-state index in [2.05, 4.69) is 34.3 Å². The Kier molecular flexibility index (Phi) is 7.33. The molecule has 10 nitrogen and oxygen atoms in total. The molecule has 0 saturated carbocycles. The Morgan fingerprint density at radius 1 is 0.900 bits per heavy atom. The molecule has 0 spiro atoms. The highest BCUT2D eigenvalue weighted by atomic mass is 16.4. The molecule has 10 heteroatoms.